The van der Waals surface area contributed by atoms with E-state index in [1.165, 1.54) is 5.56 Å². The molecule has 0 bridgehead atoms. The van der Waals surface area contributed by atoms with Crippen molar-refractivity contribution < 1.29 is 0 Å². The highest BCUT2D eigenvalue weighted by Gasteiger charge is 2.12. The Hall–Kier alpha value is -2.22. The highest BCUT2D eigenvalue weighted by atomic mass is 35.5. The third-order valence-electron chi connectivity index (χ3n) is 3.72. The first-order valence-electron chi connectivity index (χ1n) is 7.88. The number of aryl methyl sites for hydroxylation is 1. The van der Waals surface area contributed by atoms with E-state index in [1.54, 1.807) is 27.8 Å². The van der Waals surface area contributed by atoms with Crippen LogP contribution in [0.1, 0.15) is 11.3 Å². The average molecular weight is 400 g/mol. The van der Waals surface area contributed by atoms with Crippen LogP contribution < -0.4 is 0 Å². The van der Waals surface area contributed by atoms with Crippen LogP contribution >= 0.6 is 34.7 Å². The Balaban J connectivity index is 1.50. The molecule has 4 rings (SSSR count). The van der Waals surface area contributed by atoms with Gasteiger partial charge in [0.05, 0.1) is 16.4 Å². The molecule has 0 radical (unpaired) electrons. The lowest BCUT2D eigenvalue weighted by Gasteiger charge is -2.04. The van der Waals surface area contributed by atoms with Crippen molar-refractivity contribution in [3.8, 4) is 16.3 Å². The van der Waals surface area contributed by atoms with E-state index in [0.29, 0.717) is 10.8 Å². The fraction of sp³-hybridized carbons (Fsp3) is 0.111. The number of thiazole rings is 1. The monoisotopic (exact) mass is 399 g/mol. The maximum absolute atomic E-state index is 6.26. The summed E-state index contributed by atoms with van der Waals surface area (Å²) in [7, 11) is 0. The number of hydrogen-bond donors (Lipinski definition) is 0. The summed E-state index contributed by atoms with van der Waals surface area (Å²) in [6.45, 7) is 2.05. The Labute approximate surface area is 164 Å². The van der Waals surface area contributed by atoms with E-state index in [2.05, 4.69) is 22.4 Å². The number of tetrazole rings is 1. The fourth-order valence-electron chi connectivity index (χ4n) is 2.39. The van der Waals surface area contributed by atoms with Gasteiger partial charge in [-0.05, 0) is 35.5 Å². The normalized spacial score (nSPS) is 11.0. The van der Waals surface area contributed by atoms with E-state index in [9.17, 15) is 0 Å². The third kappa shape index (κ3) is 3.65. The molecule has 0 saturated heterocycles. The van der Waals surface area contributed by atoms with Crippen molar-refractivity contribution in [3.63, 3.8) is 0 Å². The summed E-state index contributed by atoms with van der Waals surface area (Å²) in [5.41, 5.74) is 4.08. The van der Waals surface area contributed by atoms with Gasteiger partial charge in [-0.1, -0.05) is 59.3 Å². The molecule has 0 spiro atoms. The molecule has 26 heavy (non-hydrogen) atoms. The predicted octanol–water partition coefficient (Wildman–Crippen LogP) is 5.04. The van der Waals surface area contributed by atoms with Crippen molar-refractivity contribution in [3.05, 3.63) is 70.2 Å². The fourth-order valence-corrected chi connectivity index (χ4v) is 4.42. The Morgan fingerprint density at radius 1 is 1.12 bits per heavy atom. The summed E-state index contributed by atoms with van der Waals surface area (Å²) in [6, 6.07) is 15.8. The van der Waals surface area contributed by atoms with E-state index in [-0.39, 0.29) is 0 Å². The summed E-state index contributed by atoms with van der Waals surface area (Å²) in [5, 5.41) is 16.4. The molecule has 0 fully saturated rings. The Kier molecular flexibility index (Phi) is 5.01. The second-order valence-corrected chi connectivity index (χ2v) is 7.83. The molecular weight excluding hydrogens is 386 g/mol. The summed E-state index contributed by atoms with van der Waals surface area (Å²) >= 11 is 9.40. The van der Waals surface area contributed by atoms with Crippen molar-refractivity contribution in [2.45, 2.75) is 17.8 Å². The summed E-state index contributed by atoms with van der Waals surface area (Å²) in [5.74, 6) is 0.688. The third-order valence-corrected chi connectivity index (χ3v) is 5.93. The van der Waals surface area contributed by atoms with Gasteiger partial charge in [0.15, 0.2) is 0 Å². The minimum atomic E-state index is 0.688. The predicted molar refractivity (Wildman–Crippen MR) is 106 cm³/mol. The van der Waals surface area contributed by atoms with Crippen LogP contribution in [0.25, 0.3) is 16.3 Å². The molecule has 2 heterocycles. The van der Waals surface area contributed by atoms with Crippen LogP contribution in [-0.4, -0.2) is 25.2 Å². The maximum atomic E-state index is 6.26. The lowest BCUT2D eigenvalue weighted by molar-refractivity contribution is 0.756. The van der Waals surface area contributed by atoms with Gasteiger partial charge < -0.3 is 0 Å². The molecule has 0 aliphatic carbocycles. The Morgan fingerprint density at radius 2 is 1.92 bits per heavy atom. The lowest BCUT2D eigenvalue weighted by Crippen LogP contribution is -1.99. The van der Waals surface area contributed by atoms with E-state index < -0.39 is 0 Å². The van der Waals surface area contributed by atoms with E-state index in [4.69, 9.17) is 16.6 Å². The molecule has 0 N–H and O–H groups in total. The number of nitrogens with zero attached hydrogens (tertiary/aromatic N) is 5. The first kappa shape index (κ1) is 17.2. The van der Waals surface area contributed by atoms with Crippen LogP contribution in [0.2, 0.25) is 5.02 Å². The van der Waals surface area contributed by atoms with Gasteiger partial charge in [0, 0.05) is 16.7 Å². The molecule has 8 heteroatoms. The van der Waals surface area contributed by atoms with E-state index in [1.807, 2.05) is 53.9 Å². The molecule has 0 unspecified atom stereocenters. The van der Waals surface area contributed by atoms with Crippen LogP contribution in [0, 0.1) is 6.92 Å². The van der Waals surface area contributed by atoms with Gasteiger partial charge in [-0.25, -0.2) is 4.98 Å². The van der Waals surface area contributed by atoms with Crippen molar-refractivity contribution >= 4 is 34.7 Å². The smallest absolute Gasteiger partial charge is 0.214 e. The van der Waals surface area contributed by atoms with Crippen LogP contribution in [0.3, 0.4) is 0 Å². The van der Waals surface area contributed by atoms with Gasteiger partial charge in [-0.15, -0.1) is 16.4 Å². The minimum absolute atomic E-state index is 0.688. The second-order valence-electron chi connectivity index (χ2n) is 5.62. The highest BCUT2D eigenvalue weighted by molar-refractivity contribution is 7.98. The minimum Gasteiger partial charge on any atom is -0.240 e. The second kappa shape index (κ2) is 7.57. The van der Waals surface area contributed by atoms with E-state index in [0.717, 1.165) is 27.1 Å². The number of benzene rings is 2. The molecule has 0 saturated carbocycles. The van der Waals surface area contributed by atoms with Crippen molar-refractivity contribution in [2.75, 3.05) is 0 Å². The molecule has 2 aromatic carbocycles. The Morgan fingerprint density at radius 3 is 2.73 bits per heavy atom. The van der Waals surface area contributed by atoms with Crippen LogP contribution in [0.5, 0.6) is 0 Å². The number of rotatable bonds is 5. The molecule has 0 aliphatic heterocycles. The zero-order valence-corrected chi connectivity index (χ0v) is 16.2. The Bertz CT molecular complexity index is 1030. The summed E-state index contributed by atoms with van der Waals surface area (Å²) < 4.78 is 1.74. The maximum Gasteiger partial charge on any atom is 0.214 e. The molecular formula is C18H14ClN5S2. The molecule has 4 aromatic rings. The molecule has 5 nitrogen and oxygen atoms in total. The zero-order valence-electron chi connectivity index (χ0n) is 13.8. The van der Waals surface area contributed by atoms with Gasteiger partial charge in [0.25, 0.3) is 0 Å². The average Bonchev–Trinajstić information content (AvgIpc) is 3.30. The first-order chi connectivity index (χ1) is 12.7. The molecule has 2 aromatic heterocycles. The van der Waals surface area contributed by atoms with Crippen LogP contribution in [0.15, 0.2) is 59.1 Å². The van der Waals surface area contributed by atoms with Gasteiger partial charge in [0.2, 0.25) is 5.16 Å². The van der Waals surface area contributed by atoms with E-state index >= 15 is 0 Å². The topological polar surface area (TPSA) is 56.5 Å². The van der Waals surface area contributed by atoms with Crippen LogP contribution in [-0.2, 0) is 5.75 Å². The molecule has 130 valence electrons. The standard InChI is InChI=1S/C18H14ClN5S2/c1-12-6-8-14(9-7-12)24-18(21-22-23-24)26-11-13-10-25-17(20-13)15-4-2-3-5-16(15)19/h2-10H,11H2,1H3. The van der Waals surface area contributed by atoms with Crippen LogP contribution in [0.4, 0.5) is 0 Å². The van der Waals surface area contributed by atoms with Gasteiger partial charge >= 0.3 is 0 Å². The van der Waals surface area contributed by atoms with Gasteiger partial charge in [0.1, 0.15) is 5.01 Å². The van der Waals surface area contributed by atoms with Crippen molar-refractivity contribution in [2.24, 2.45) is 0 Å². The number of halogens is 1. The van der Waals surface area contributed by atoms with Crippen molar-refractivity contribution in [1.82, 2.24) is 25.2 Å². The number of hydrogen-bond acceptors (Lipinski definition) is 6. The highest BCUT2D eigenvalue weighted by Crippen LogP contribution is 2.31. The lowest BCUT2D eigenvalue weighted by atomic mass is 10.2. The largest absolute Gasteiger partial charge is 0.240 e. The van der Waals surface area contributed by atoms with Gasteiger partial charge in [-0.3, -0.25) is 0 Å². The summed E-state index contributed by atoms with van der Waals surface area (Å²) in [4.78, 5) is 4.69. The molecule has 0 aliphatic rings. The van der Waals surface area contributed by atoms with Crippen molar-refractivity contribution in [1.29, 1.82) is 0 Å². The zero-order chi connectivity index (χ0) is 17.9. The first-order valence-corrected chi connectivity index (χ1v) is 10.1. The SMILES string of the molecule is Cc1ccc(-n2nnnc2SCc2csc(-c3ccccc3Cl)n2)cc1. The number of thioether (sulfide) groups is 1. The molecule has 0 atom stereocenters. The van der Waals surface area contributed by atoms with Gasteiger partial charge in [-0.2, -0.15) is 4.68 Å². The molecule has 0 amide bonds. The number of aromatic nitrogens is 5. The quantitative estimate of drug-likeness (QED) is 0.440. The summed E-state index contributed by atoms with van der Waals surface area (Å²) in [6.07, 6.45) is 0.